The van der Waals surface area contributed by atoms with Gasteiger partial charge in [0.15, 0.2) is 11.6 Å². The van der Waals surface area contributed by atoms with Crippen LogP contribution in [0, 0.1) is 6.92 Å². The van der Waals surface area contributed by atoms with Gasteiger partial charge in [0, 0.05) is 13.0 Å². The number of hydrogen-bond acceptors (Lipinski definition) is 4. The van der Waals surface area contributed by atoms with Gasteiger partial charge in [-0.15, -0.1) is 0 Å². The van der Waals surface area contributed by atoms with E-state index in [1.807, 2.05) is 0 Å². The van der Waals surface area contributed by atoms with Gasteiger partial charge < -0.3 is 15.2 Å². The Morgan fingerprint density at radius 1 is 1.58 bits per heavy atom. The van der Waals surface area contributed by atoms with Gasteiger partial charge >= 0.3 is 0 Å². The first-order chi connectivity index (χ1) is 5.77. The highest BCUT2D eigenvalue weighted by molar-refractivity contribution is 5.95. The van der Waals surface area contributed by atoms with E-state index in [0.717, 1.165) is 0 Å². The largest absolute Gasteiger partial charge is 0.365 e. The molecule has 0 atom stereocenters. The van der Waals surface area contributed by atoms with E-state index in [4.69, 9.17) is 4.52 Å². The van der Waals surface area contributed by atoms with Crippen molar-refractivity contribution in [2.45, 2.75) is 13.3 Å². The number of fused-ring (bicyclic) bond motifs is 1. The normalized spacial score (nSPS) is 15.9. The molecule has 1 aliphatic heterocycles. The number of carbonyl (C=O) groups excluding carboxylic acids is 1. The van der Waals surface area contributed by atoms with Crippen molar-refractivity contribution in [1.82, 2.24) is 5.16 Å². The molecule has 64 valence electrons. The van der Waals surface area contributed by atoms with Crippen LogP contribution >= 0.6 is 0 Å². The summed E-state index contributed by atoms with van der Waals surface area (Å²) in [4.78, 5) is 11.1. The van der Waals surface area contributed by atoms with E-state index in [1.54, 1.807) is 6.92 Å². The monoisotopic (exact) mass is 167 g/mol. The third-order valence-electron chi connectivity index (χ3n) is 1.77. The highest BCUT2D eigenvalue weighted by Crippen LogP contribution is 2.26. The van der Waals surface area contributed by atoms with Crippen molar-refractivity contribution < 1.29 is 9.32 Å². The molecule has 1 aliphatic rings. The van der Waals surface area contributed by atoms with Gasteiger partial charge in [-0.3, -0.25) is 4.79 Å². The molecule has 5 heteroatoms. The predicted octanol–water partition coefficient (Wildman–Crippen LogP) is 0.737. The second-order valence-electron chi connectivity index (χ2n) is 2.69. The molecule has 0 unspecified atom stereocenters. The van der Waals surface area contributed by atoms with Crippen LogP contribution in [0.25, 0.3) is 0 Å². The molecule has 0 saturated carbocycles. The van der Waals surface area contributed by atoms with Crippen LogP contribution in [-0.2, 0) is 4.79 Å². The third-order valence-corrected chi connectivity index (χ3v) is 1.77. The first-order valence-electron chi connectivity index (χ1n) is 3.77. The van der Waals surface area contributed by atoms with Gasteiger partial charge in [-0.25, -0.2) is 0 Å². The van der Waals surface area contributed by atoms with Gasteiger partial charge in [-0.1, -0.05) is 5.16 Å². The molecule has 5 nitrogen and oxygen atoms in total. The maximum absolute atomic E-state index is 11.1. The maximum atomic E-state index is 11.1. The summed E-state index contributed by atoms with van der Waals surface area (Å²) in [5, 5.41) is 9.45. The van der Waals surface area contributed by atoms with Crippen molar-refractivity contribution in [3.05, 3.63) is 5.76 Å². The molecule has 12 heavy (non-hydrogen) atoms. The lowest BCUT2D eigenvalue weighted by molar-refractivity contribution is -0.115. The first kappa shape index (κ1) is 7.15. The maximum Gasteiger partial charge on any atom is 0.226 e. The molecule has 2 N–H and O–H groups in total. The number of amides is 1. The number of hydrogen-bond donors (Lipinski definition) is 2. The lowest BCUT2D eigenvalue weighted by Gasteiger charge is -1.96. The number of anilines is 2. The van der Waals surface area contributed by atoms with Crippen molar-refractivity contribution in [2.24, 2.45) is 0 Å². The van der Waals surface area contributed by atoms with Crippen LogP contribution in [0.5, 0.6) is 0 Å². The molecule has 2 rings (SSSR count). The molecule has 0 spiro atoms. The number of rotatable bonds is 0. The average Bonchev–Trinajstić information content (AvgIpc) is 2.31. The van der Waals surface area contributed by atoms with Crippen LogP contribution in [0.4, 0.5) is 11.5 Å². The zero-order valence-electron chi connectivity index (χ0n) is 6.68. The fourth-order valence-corrected chi connectivity index (χ4v) is 1.14. The fourth-order valence-electron chi connectivity index (χ4n) is 1.14. The Kier molecular flexibility index (Phi) is 1.49. The number of nitrogens with zero attached hydrogens (tertiary/aromatic N) is 1. The summed E-state index contributed by atoms with van der Waals surface area (Å²) in [5.74, 6) is 1.25. The molecule has 2 heterocycles. The average molecular weight is 167 g/mol. The van der Waals surface area contributed by atoms with E-state index >= 15 is 0 Å². The number of aryl methyl sites for hydroxylation is 1. The highest BCUT2D eigenvalue weighted by Gasteiger charge is 2.18. The second-order valence-corrected chi connectivity index (χ2v) is 2.69. The molecule has 0 aromatic carbocycles. The lowest BCUT2D eigenvalue weighted by Crippen LogP contribution is -2.11. The fraction of sp³-hybridized carbons (Fsp3) is 0.429. The van der Waals surface area contributed by atoms with Gasteiger partial charge in [0.1, 0.15) is 5.69 Å². The van der Waals surface area contributed by atoms with Gasteiger partial charge in [-0.05, 0) is 6.92 Å². The molecular formula is C7H9N3O2. The minimum Gasteiger partial charge on any atom is -0.365 e. The topological polar surface area (TPSA) is 67.2 Å². The molecule has 0 bridgehead atoms. The Balaban J connectivity index is 2.40. The van der Waals surface area contributed by atoms with Gasteiger partial charge in [0.2, 0.25) is 5.91 Å². The summed E-state index contributed by atoms with van der Waals surface area (Å²) in [6.45, 7) is 2.37. The van der Waals surface area contributed by atoms with E-state index in [-0.39, 0.29) is 5.91 Å². The van der Waals surface area contributed by atoms with Crippen LogP contribution in [0.15, 0.2) is 4.52 Å². The first-order valence-corrected chi connectivity index (χ1v) is 3.77. The summed E-state index contributed by atoms with van der Waals surface area (Å²) >= 11 is 0. The van der Waals surface area contributed by atoms with Crippen LogP contribution < -0.4 is 10.6 Å². The van der Waals surface area contributed by atoms with Crippen molar-refractivity contribution in [1.29, 1.82) is 0 Å². The Morgan fingerprint density at radius 3 is 3.25 bits per heavy atom. The minimum absolute atomic E-state index is 0.00690. The SMILES string of the molecule is Cc1onc2c1NC(=O)CCN2. The number of carbonyl (C=O) groups is 1. The zero-order valence-corrected chi connectivity index (χ0v) is 6.68. The Bertz CT molecular complexity index is 318. The number of nitrogens with one attached hydrogen (secondary N) is 2. The van der Waals surface area contributed by atoms with E-state index in [1.165, 1.54) is 0 Å². The van der Waals surface area contributed by atoms with Crippen LogP contribution in [0.2, 0.25) is 0 Å². The Hall–Kier alpha value is -1.52. The molecule has 0 saturated heterocycles. The Morgan fingerprint density at radius 2 is 2.42 bits per heavy atom. The van der Waals surface area contributed by atoms with E-state index in [0.29, 0.717) is 30.2 Å². The zero-order chi connectivity index (χ0) is 8.55. The van der Waals surface area contributed by atoms with Crippen molar-refractivity contribution in [2.75, 3.05) is 17.2 Å². The predicted molar refractivity (Wildman–Crippen MR) is 43.0 cm³/mol. The summed E-state index contributed by atoms with van der Waals surface area (Å²) in [6.07, 6.45) is 0.468. The molecular weight excluding hydrogens is 158 g/mol. The van der Waals surface area contributed by atoms with Crippen molar-refractivity contribution in [3.8, 4) is 0 Å². The van der Waals surface area contributed by atoms with Gasteiger partial charge in [0.25, 0.3) is 0 Å². The van der Waals surface area contributed by atoms with E-state index in [9.17, 15) is 4.79 Å². The lowest BCUT2D eigenvalue weighted by atomic mass is 10.4. The van der Waals surface area contributed by atoms with Gasteiger partial charge in [-0.2, -0.15) is 0 Å². The summed E-state index contributed by atoms with van der Waals surface area (Å²) in [7, 11) is 0. The molecule has 1 amide bonds. The van der Waals surface area contributed by atoms with E-state index in [2.05, 4.69) is 15.8 Å². The molecule has 1 aromatic heterocycles. The molecule has 0 radical (unpaired) electrons. The smallest absolute Gasteiger partial charge is 0.226 e. The third kappa shape index (κ3) is 1.03. The van der Waals surface area contributed by atoms with Crippen LogP contribution in [0.1, 0.15) is 12.2 Å². The van der Waals surface area contributed by atoms with Crippen molar-refractivity contribution >= 4 is 17.4 Å². The quantitative estimate of drug-likeness (QED) is 0.598. The minimum atomic E-state index is -0.00690. The van der Waals surface area contributed by atoms with Gasteiger partial charge in [0.05, 0.1) is 0 Å². The molecule has 0 fully saturated rings. The standard InChI is InChI=1S/C7H9N3O2/c1-4-6-7(10-12-4)8-3-2-5(11)9-6/h2-3H2,1H3,(H,8,10)(H,9,11). The summed E-state index contributed by atoms with van der Waals surface area (Å²) in [5.41, 5.74) is 0.664. The summed E-state index contributed by atoms with van der Waals surface area (Å²) < 4.78 is 4.89. The second kappa shape index (κ2) is 2.51. The highest BCUT2D eigenvalue weighted by atomic mass is 16.5. The number of aromatic nitrogens is 1. The van der Waals surface area contributed by atoms with Crippen LogP contribution in [0.3, 0.4) is 0 Å². The molecule has 0 aliphatic carbocycles. The van der Waals surface area contributed by atoms with Crippen molar-refractivity contribution in [3.63, 3.8) is 0 Å². The Labute approximate surface area is 69.1 Å². The van der Waals surface area contributed by atoms with Crippen LogP contribution in [-0.4, -0.2) is 17.6 Å². The molecule has 1 aromatic rings. The van der Waals surface area contributed by atoms with E-state index < -0.39 is 0 Å². The summed E-state index contributed by atoms with van der Waals surface area (Å²) in [6, 6.07) is 0.